The Morgan fingerprint density at radius 3 is 2.39 bits per heavy atom. The van der Waals surface area contributed by atoms with Gasteiger partial charge < -0.3 is 19.5 Å². The molecule has 0 spiro atoms. The molecule has 0 atom stereocenters. The third-order valence-corrected chi connectivity index (χ3v) is 4.51. The fourth-order valence-corrected chi connectivity index (χ4v) is 2.80. The van der Waals surface area contributed by atoms with Gasteiger partial charge in [0.15, 0.2) is 23.9 Å². The smallest absolute Gasteiger partial charge is 0.258 e. The number of benzene rings is 2. The predicted octanol–water partition coefficient (Wildman–Crippen LogP) is 3.06. The number of Topliss-reactive ketones (excluding diaryl/α,β-unsaturated/α-hetero) is 1. The summed E-state index contributed by atoms with van der Waals surface area (Å²) in [5.41, 5.74) is 2.83. The van der Waals surface area contributed by atoms with Crippen molar-refractivity contribution in [3.05, 3.63) is 66.1 Å². The van der Waals surface area contributed by atoms with E-state index in [0.717, 1.165) is 17.0 Å². The molecule has 0 saturated carbocycles. The van der Waals surface area contributed by atoms with E-state index in [-0.39, 0.29) is 24.8 Å². The first-order valence-electron chi connectivity index (χ1n) is 9.54. The molecule has 1 aromatic heterocycles. The van der Waals surface area contributed by atoms with Gasteiger partial charge in [0.05, 0.1) is 32.2 Å². The number of hydrogen-bond donors (Lipinski definition) is 1. The van der Waals surface area contributed by atoms with Gasteiger partial charge in [0.1, 0.15) is 12.1 Å². The summed E-state index contributed by atoms with van der Waals surface area (Å²) in [6, 6.07) is 14.1. The third kappa shape index (κ3) is 5.79. The second kappa shape index (κ2) is 10.2. The fraction of sp³-hybridized carbons (Fsp3) is 0.217. The minimum absolute atomic E-state index is 0.0820. The van der Waals surface area contributed by atoms with E-state index in [0.29, 0.717) is 22.8 Å². The summed E-state index contributed by atoms with van der Waals surface area (Å²) in [5, 5.41) is 2.76. The number of nitrogens with one attached hydrogen (secondary N) is 1. The maximum atomic E-state index is 12.2. The number of amides is 1. The molecule has 8 heteroatoms. The molecule has 1 heterocycles. The zero-order valence-electron chi connectivity index (χ0n) is 17.5. The number of nitrogens with zero attached hydrogens (tertiary/aromatic N) is 2. The van der Waals surface area contributed by atoms with Crippen LogP contribution in [-0.4, -0.2) is 42.5 Å². The Bertz CT molecular complexity index is 1070. The van der Waals surface area contributed by atoms with E-state index in [1.54, 1.807) is 25.3 Å². The van der Waals surface area contributed by atoms with Gasteiger partial charge in [-0.2, -0.15) is 0 Å². The highest BCUT2D eigenvalue weighted by molar-refractivity contribution is 5.94. The first-order chi connectivity index (χ1) is 15.0. The Hall–Kier alpha value is -3.94. The second-order valence-corrected chi connectivity index (χ2v) is 6.61. The maximum Gasteiger partial charge on any atom is 0.258 e. The molecule has 0 aliphatic carbocycles. The number of ketones is 1. The van der Waals surface area contributed by atoms with Crippen molar-refractivity contribution in [3.63, 3.8) is 0 Å². The molecule has 3 rings (SSSR count). The van der Waals surface area contributed by atoms with E-state index in [1.165, 1.54) is 20.4 Å². The minimum atomic E-state index is -0.317. The van der Waals surface area contributed by atoms with Gasteiger partial charge in [-0.3, -0.25) is 9.59 Å². The van der Waals surface area contributed by atoms with Crippen LogP contribution in [0, 0.1) is 0 Å². The molecule has 31 heavy (non-hydrogen) atoms. The molecule has 3 aromatic rings. The van der Waals surface area contributed by atoms with Crippen LogP contribution >= 0.6 is 0 Å². The average Bonchev–Trinajstić information content (AvgIpc) is 2.81. The standard InChI is InChI=1S/C23H23N3O5/c1-15(27)17-6-9-21(22(10-17)30-3)31-13-23(28)24-12-18-11-20(26-14-25-18)16-4-7-19(29-2)8-5-16/h4-11,14H,12-13H2,1-3H3,(H,24,28). The van der Waals surface area contributed by atoms with Crippen molar-refractivity contribution in [2.45, 2.75) is 13.5 Å². The first-order valence-corrected chi connectivity index (χ1v) is 9.54. The lowest BCUT2D eigenvalue weighted by atomic mass is 10.1. The number of hydrogen-bond acceptors (Lipinski definition) is 7. The summed E-state index contributed by atoms with van der Waals surface area (Å²) < 4.78 is 15.9. The summed E-state index contributed by atoms with van der Waals surface area (Å²) in [5.74, 6) is 1.13. The van der Waals surface area contributed by atoms with E-state index in [1.807, 2.05) is 30.3 Å². The number of rotatable bonds is 9. The topological polar surface area (TPSA) is 99.6 Å². The fourth-order valence-electron chi connectivity index (χ4n) is 2.80. The predicted molar refractivity (Wildman–Crippen MR) is 114 cm³/mol. The van der Waals surface area contributed by atoms with Crippen LogP contribution in [0.15, 0.2) is 54.9 Å². The van der Waals surface area contributed by atoms with Gasteiger partial charge in [0.2, 0.25) is 0 Å². The minimum Gasteiger partial charge on any atom is -0.497 e. The van der Waals surface area contributed by atoms with Gasteiger partial charge in [-0.1, -0.05) is 0 Å². The van der Waals surface area contributed by atoms with Gasteiger partial charge >= 0.3 is 0 Å². The van der Waals surface area contributed by atoms with Crippen molar-refractivity contribution in [2.24, 2.45) is 0 Å². The SMILES string of the molecule is COc1ccc(-c2cc(CNC(=O)COc3ccc(C(C)=O)cc3OC)ncn2)cc1. The molecule has 0 saturated heterocycles. The first kappa shape index (κ1) is 21.8. The zero-order valence-corrected chi connectivity index (χ0v) is 17.5. The highest BCUT2D eigenvalue weighted by Gasteiger charge is 2.11. The largest absolute Gasteiger partial charge is 0.497 e. The zero-order chi connectivity index (χ0) is 22.2. The normalized spacial score (nSPS) is 10.3. The molecule has 0 aliphatic heterocycles. The van der Waals surface area contributed by atoms with E-state index in [4.69, 9.17) is 14.2 Å². The number of ether oxygens (including phenoxy) is 3. The monoisotopic (exact) mass is 421 g/mol. The molecule has 0 radical (unpaired) electrons. The van der Waals surface area contributed by atoms with Crippen molar-refractivity contribution < 1.29 is 23.8 Å². The summed E-state index contributed by atoms with van der Waals surface area (Å²) >= 11 is 0. The number of aromatic nitrogens is 2. The van der Waals surface area contributed by atoms with E-state index >= 15 is 0 Å². The van der Waals surface area contributed by atoms with Crippen molar-refractivity contribution in [1.82, 2.24) is 15.3 Å². The van der Waals surface area contributed by atoms with Crippen molar-refractivity contribution in [1.29, 1.82) is 0 Å². The Morgan fingerprint density at radius 1 is 0.935 bits per heavy atom. The number of carbonyl (C=O) groups is 2. The van der Waals surface area contributed by atoms with Crippen LogP contribution in [0.3, 0.4) is 0 Å². The second-order valence-electron chi connectivity index (χ2n) is 6.61. The molecule has 0 unspecified atom stereocenters. The molecular weight excluding hydrogens is 398 g/mol. The van der Waals surface area contributed by atoms with Crippen molar-refractivity contribution in [3.8, 4) is 28.5 Å². The van der Waals surface area contributed by atoms with Crippen LogP contribution in [0.25, 0.3) is 11.3 Å². The summed E-state index contributed by atoms with van der Waals surface area (Å²) in [6.07, 6.45) is 1.46. The maximum absolute atomic E-state index is 12.2. The molecule has 2 aromatic carbocycles. The number of carbonyl (C=O) groups excluding carboxylic acids is 2. The molecule has 8 nitrogen and oxygen atoms in total. The number of methoxy groups -OCH3 is 2. The lowest BCUT2D eigenvalue weighted by Crippen LogP contribution is -2.28. The Labute approximate surface area is 180 Å². The molecular formula is C23H23N3O5. The van der Waals surface area contributed by atoms with Crippen LogP contribution in [0.4, 0.5) is 0 Å². The van der Waals surface area contributed by atoms with Gasteiger partial charge in [-0.05, 0) is 55.5 Å². The molecule has 1 amide bonds. The Kier molecular flexibility index (Phi) is 7.16. The highest BCUT2D eigenvalue weighted by Crippen LogP contribution is 2.28. The molecule has 160 valence electrons. The highest BCUT2D eigenvalue weighted by atomic mass is 16.5. The lowest BCUT2D eigenvalue weighted by Gasteiger charge is -2.12. The van der Waals surface area contributed by atoms with E-state index in [9.17, 15) is 9.59 Å². The van der Waals surface area contributed by atoms with E-state index < -0.39 is 0 Å². The third-order valence-electron chi connectivity index (χ3n) is 4.51. The Balaban J connectivity index is 1.57. The van der Waals surface area contributed by atoms with Crippen molar-refractivity contribution >= 4 is 11.7 Å². The van der Waals surface area contributed by atoms with Crippen LogP contribution in [-0.2, 0) is 11.3 Å². The Morgan fingerprint density at radius 2 is 1.71 bits per heavy atom. The summed E-state index contributed by atoms with van der Waals surface area (Å²) in [6.45, 7) is 1.50. The average molecular weight is 421 g/mol. The van der Waals surface area contributed by atoms with Gasteiger partial charge in [0, 0.05) is 11.1 Å². The van der Waals surface area contributed by atoms with Crippen molar-refractivity contribution in [2.75, 3.05) is 20.8 Å². The van der Waals surface area contributed by atoms with E-state index in [2.05, 4.69) is 15.3 Å². The summed E-state index contributed by atoms with van der Waals surface area (Å²) in [4.78, 5) is 32.2. The van der Waals surface area contributed by atoms with Gasteiger partial charge in [-0.15, -0.1) is 0 Å². The molecule has 0 aliphatic rings. The lowest BCUT2D eigenvalue weighted by molar-refractivity contribution is -0.123. The van der Waals surface area contributed by atoms with Gasteiger partial charge in [0.25, 0.3) is 5.91 Å². The molecule has 0 bridgehead atoms. The van der Waals surface area contributed by atoms with Crippen LogP contribution in [0.5, 0.6) is 17.2 Å². The van der Waals surface area contributed by atoms with Crippen LogP contribution in [0.1, 0.15) is 23.0 Å². The summed E-state index contributed by atoms with van der Waals surface area (Å²) in [7, 11) is 3.09. The van der Waals surface area contributed by atoms with Gasteiger partial charge in [-0.25, -0.2) is 9.97 Å². The molecule has 1 N–H and O–H groups in total. The molecule has 0 fully saturated rings. The van der Waals surface area contributed by atoms with Crippen LogP contribution < -0.4 is 19.5 Å². The quantitative estimate of drug-likeness (QED) is 0.530. The van der Waals surface area contributed by atoms with Crippen LogP contribution in [0.2, 0.25) is 0 Å².